The van der Waals surface area contributed by atoms with Gasteiger partial charge in [-0.3, -0.25) is 0 Å². The maximum Gasteiger partial charge on any atom is 0.417 e. The van der Waals surface area contributed by atoms with Crippen LogP contribution in [0.4, 0.5) is 48.2 Å². The van der Waals surface area contributed by atoms with Crippen molar-refractivity contribution in [3.05, 3.63) is 28.8 Å². The third-order valence-corrected chi connectivity index (χ3v) is 6.81. The predicted octanol–water partition coefficient (Wildman–Crippen LogP) is 4.97. The predicted molar refractivity (Wildman–Crippen MR) is 135 cm³/mol. The first-order valence-electron chi connectivity index (χ1n) is 12.5. The highest BCUT2D eigenvalue weighted by Crippen LogP contribution is 2.45. The molecule has 0 amide bonds. The number of benzene rings is 1. The molecular weight excluding hydrogens is 547 g/mol. The minimum absolute atomic E-state index is 0.0290. The van der Waals surface area contributed by atoms with Gasteiger partial charge in [0.05, 0.1) is 30.4 Å². The Balaban J connectivity index is 1.83. The van der Waals surface area contributed by atoms with E-state index in [-0.39, 0.29) is 28.7 Å². The molecule has 0 aliphatic carbocycles. The Labute approximate surface area is 224 Å². The molecule has 3 N–H and O–H groups in total. The van der Waals surface area contributed by atoms with Gasteiger partial charge >= 0.3 is 6.18 Å². The Hall–Kier alpha value is -3.62. The molecule has 2 aliphatic rings. The standard InChI is InChI=1S/C25H26F7N7O/c1-11-4-5-34-6-7-35-21-15-20(37-23(38-21)39-9-24(28,29)10-39)18(27)19(36-22(15)40-11)13-8-14(33-3)17(26)12(2)16(13)25(30,31)32/h8,11,33-34H,4-7,9-10H2,1-3H3,(H,35,37,38). The number of rotatable bonds is 3. The number of nitrogens with zero attached hydrogens (tertiary/aromatic N) is 4. The van der Waals surface area contributed by atoms with Crippen molar-refractivity contribution >= 4 is 28.4 Å². The molecule has 1 atom stereocenters. The van der Waals surface area contributed by atoms with Crippen LogP contribution in [0.15, 0.2) is 6.07 Å². The molecule has 1 saturated heterocycles. The van der Waals surface area contributed by atoms with Crippen molar-refractivity contribution in [1.29, 1.82) is 0 Å². The van der Waals surface area contributed by atoms with Crippen LogP contribution in [0.5, 0.6) is 5.88 Å². The number of nitrogens with one attached hydrogen (secondary N) is 3. The second-order valence-electron chi connectivity index (χ2n) is 9.81. The Morgan fingerprint density at radius 2 is 1.80 bits per heavy atom. The van der Waals surface area contributed by atoms with Crippen molar-refractivity contribution in [3.8, 4) is 17.1 Å². The number of pyridine rings is 1. The fraction of sp³-hybridized carbons (Fsp3) is 0.480. The average Bonchev–Trinajstić information content (AvgIpc) is 2.89. The Bertz CT molecular complexity index is 1460. The van der Waals surface area contributed by atoms with Gasteiger partial charge < -0.3 is 25.6 Å². The molecule has 1 aromatic carbocycles. The van der Waals surface area contributed by atoms with E-state index in [1.807, 2.05) is 0 Å². The summed E-state index contributed by atoms with van der Waals surface area (Å²) in [7, 11) is 1.31. The molecule has 2 aromatic heterocycles. The van der Waals surface area contributed by atoms with Crippen LogP contribution < -0.4 is 25.6 Å². The second kappa shape index (κ2) is 10.1. The van der Waals surface area contributed by atoms with E-state index in [1.54, 1.807) is 6.92 Å². The van der Waals surface area contributed by atoms with E-state index in [9.17, 15) is 26.3 Å². The lowest BCUT2D eigenvalue weighted by atomic mass is 9.96. The lowest BCUT2D eigenvalue weighted by Crippen LogP contribution is -2.57. The number of ether oxygens (including phenoxy) is 1. The zero-order valence-corrected chi connectivity index (χ0v) is 21.7. The summed E-state index contributed by atoms with van der Waals surface area (Å²) in [5.74, 6) is -5.85. The SMILES string of the molecule is CNc1cc(-c2nc3c4c(nc(N5CC(F)(F)C5)nc4c2F)NCCNCCC(C)O3)c(C(F)(F)F)c(C)c1F. The van der Waals surface area contributed by atoms with Gasteiger partial charge in [-0.25, -0.2) is 27.5 Å². The molecule has 0 radical (unpaired) electrons. The van der Waals surface area contributed by atoms with E-state index >= 15 is 4.39 Å². The summed E-state index contributed by atoms with van der Waals surface area (Å²) in [6.07, 6.45) is -5.09. The van der Waals surface area contributed by atoms with Crippen molar-refractivity contribution in [1.82, 2.24) is 20.3 Å². The highest BCUT2D eigenvalue weighted by Gasteiger charge is 2.46. The lowest BCUT2D eigenvalue weighted by Gasteiger charge is -2.38. The van der Waals surface area contributed by atoms with Gasteiger partial charge in [-0.1, -0.05) is 0 Å². The summed E-state index contributed by atoms with van der Waals surface area (Å²) in [6, 6.07) is 0.824. The molecule has 2 aliphatic heterocycles. The topological polar surface area (TPSA) is 87.2 Å². The highest BCUT2D eigenvalue weighted by molar-refractivity contribution is 5.97. The molecule has 15 heteroatoms. The summed E-state index contributed by atoms with van der Waals surface area (Å²) in [6.45, 7) is 2.56. The first-order valence-corrected chi connectivity index (χ1v) is 12.5. The molecule has 1 fully saturated rings. The van der Waals surface area contributed by atoms with Crippen LogP contribution in [0, 0.1) is 18.6 Å². The first-order chi connectivity index (χ1) is 18.8. The number of alkyl halides is 5. The second-order valence-corrected chi connectivity index (χ2v) is 9.81. The molecule has 0 spiro atoms. The number of halogens is 7. The number of hydrogen-bond donors (Lipinski definition) is 3. The van der Waals surface area contributed by atoms with Crippen molar-refractivity contribution in [2.24, 2.45) is 0 Å². The quantitative estimate of drug-likeness (QED) is 0.379. The number of aromatic nitrogens is 3. The lowest BCUT2D eigenvalue weighted by molar-refractivity contribution is -0.137. The molecule has 0 bridgehead atoms. The van der Waals surface area contributed by atoms with Crippen molar-refractivity contribution in [3.63, 3.8) is 0 Å². The fourth-order valence-electron chi connectivity index (χ4n) is 4.79. The fourth-order valence-corrected chi connectivity index (χ4v) is 4.79. The normalized spacial score (nSPS) is 19.4. The van der Waals surface area contributed by atoms with Crippen LogP contribution in [0.3, 0.4) is 0 Å². The van der Waals surface area contributed by atoms with Crippen molar-refractivity contribution in [2.45, 2.75) is 38.5 Å². The van der Waals surface area contributed by atoms with Crippen molar-refractivity contribution in [2.75, 3.05) is 55.3 Å². The van der Waals surface area contributed by atoms with Crippen LogP contribution in [0.25, 0.3) is 22.2 Å². The van der Waals surface area contributed by atoms with Crippen LogP contribution in [-0.2, 0) is 6.18 Å². The maximum atomic E-state index is 16.3. The summed E-state index contributed by atoms with van der Waals surface area (Å²) in [5, 5.41) is 8.62. The van der Waals surface area contributed by atoms with Gasteiger partial charge in [-0.15, -0.1) is 0 Å². The zero-order chi connectivity index (χ0) is 29.0. The molecule has 0 saturated carbocycles. The molecule has 40 heavy (non-hydrogen) atoms. The smallest absolute Gasteiger partial charge is 0.417 e. The molecular formula is C25H26F7N7O. The zero-order valence-electron chi connectivity index (χ0n) is 21.7. The largest absolute Gasteiger partial charge is 0.474 e. The van der Waals surface area contributed by atoms with E-state index in [1.165, 1.54) is 7.05 Å². The van der Waals surface area contributed by atoms with Crippen LogP contribution >= 0.6 is 0 Å². The Morgan fingerprint density at radius 3 is 2.45 bits per heavy atom. The van der Waals surface area contributed by atoms with E-state index in [2.05, 4.69) is 30.9 Å². The summed E-state index contributed by atoms with van der Waals surface area (Å²) < 4.78 is 107. The number of anilines is 3. The molecule has 1 unspecified atom stereocenters. The van der Waals surface area contributed by atoms with E-state index in [0.29, 0.717) is 26.1 Å². The molecule has 4 heterocycles. The van der Waals surface area contributed by atoms with Gasteiger partial charge in [0, 0.05) is 25.7 Å². The van der Waals surface area contributed by atoms with Gasteiger partial charge in [0.2, 0.25) is 11.8 Å². The Morgan fingerprint density at radius 1 is 1.07 bits per heavy atom. The summed E-state index contributed by atoms with van der Waals surface area (Å²) in [4.78, 5) is 13.8. The minimum atomic E-state index is -5.07. The minimum Gasteiger partial charge on any atom is -0.474 e. The monoisotopic (exact) mass is 573 g/mol. The van der Waals surface area contributed by atoms with Gasteiger partial charge in [0.25, 0.3) is 5.92 Å². The van der Waals surface area contributed by atoms with Crippen LogP contribution in [-0.4, -0.2) is 66.7 Å². The summed E-state index contributed by atoms with van der Waals surface area (Å²) in [5.41, 5.74) is -4.45. The van der Waals surface area contributed by atoms with Crippen LogP contribution in [0.1, 0.15) is 24.5 Å². The van der Waals surface area contributed by atoms with Gasteiger partial charge in [0.1, 0.15) is 28.2 Å². The molecule has 8 nitrogen and oxygen atoms in total. The van der Waals surface area contributed by atoms with E-state index in [0.717, 1.165) is 17.9 Å². The highest BCUT2D eigenvalue weighted by atomic mass is 19.4. The maximum absolute atomic E-state index is 16.3. The Kier molecular flexibility index (Phi) is 7.04. The van der Waals surface area contributed by atoms with Crippen molar-refractivity contribution < 1.29 is 35.5 Å². The molecule has 3 aromatic rings. The van der Waals surface area contributed by atoms with Gasteiger partial charge in [0.15, 0.2) is 5.82 Å². The third kappa shape index (κ3) is 5.02. The summed E-state index contributed by atoms with van der Waals surface area (Å²) >= 11 is 0. The average molecular weight is 574 g/mol. The van der Waals surface area contributed by atoms with Crippen LogP contribution in [0.2, 0.25) is 0 Å². The third-order valence-electron chi connectivity index (χ3n) is 6.81. The van der Waals surface area contributed by atoms with Gasteiger partial charge in [-0.2, -0.15) is 18.2 Å². The molecule has 5 rings (SSSR count). The van der Waals surface area contributed by atoms with E-state index in [4.69, 9.17) is 4.74 Å². The first kappa shape index (κ1) is 27.9. The number of hydrogen-bond acceptors (Lipinski definition) is 8. The van der Waals surface area contributed by atoms with Gasteiger partial charge in [-0.05, 0) is 38.4 Å². The van der Waals surface area contributed by atoms with E-state index < -0.39 is 70.8 Å². The molecule has 216 valence electrons.